The van der Waals surface area contributed by atoms with Crippen molar-refractivity contribution in [2.45, 2.75) is 46.1 Å². The van der Waals surface area contributed by atoms with Crippen molar-refractivity contribution in [2.24, 2.45) is 0 Å². The number of carboxylic acids is 1. The number of nitrogens with one attached hydrogen (secondary N) is 1. The zero-order valence-corrected chi connectivity index (χ0v) is 11.8. The fourth-order valence-electron chi connectivity index (χ4n) is 1.39. The van der Waals surface area contributed by atoms with Crippen LogP contribution in [-0.2, 0) is 9.59 Å². The number of aliphatic hydroxyl groups excluding tert-OH is 1. The molecule has 0 rings (SSSR count). The van der Waals surface area contributed by atoms with Gasteiger partial charge in [-0.2, -0.15) is 0 Å². The van der Waals surface area contributed by atoms with Gasteiger partial charge in [0.2, 0.25) is 5.91 Å². The summed E-state index contributed by atoms with van der Waals surface area (Å²) in [4.78, 5) is 21.6. The molecule has 3 N–H and O–H groups in total. The van der Waals surface area contributed by atoms with Gasteiger partial charge in [0.15, 0.2) is 0 Å². The molecule has 1 atom stereocenters. The average molecular weight is 269 g/mol. The van der Waals surface area contributed by atoms with Crippen LogP contribution in [0.1, 0.15) is 40.0 Å². The smallest absolute Gasteiger partial charge is 0.306 e. The van der Waals surface area contributed by atoms with Crippen molar-refractivity contribution < 1.29 is 19.8 Å². The second-order valence-corrected chi connectivity index (χ2v) is 4.73. The normalized spacial score (nSPS) is 12.7. The minimum absolute atomic E-state index is 0.302. The van der Waals surface area contributed by atoms with Crippen LogP contribution in [-0.4, -0.2) is 34.7 Å². The second-order valence-electron chi connectivity index (χ2n) is 4.73. The van der Waals surface area contributed by atoms with Gasteiger partial charge in [0.05, 0.1) is 6.42 Å². The van der Waals surface area contributed by atoms with Crippen LogP contribution in [0.5, 0.6) is 0 Å². The zero-order chi connectivity index (χ0) is 14.8. The van der Waals surface area contributed by atoms with Gasteiger partial charge in [0.1, 0.15) is 6.10 Å². The summed E-state index contributed by atoms with van der Waals surface area (Å²) in [5.74, 6) is -1.85. The Balaban J connectivity index is 3.96. The maximum atomic E-state index is 11.3. The number of rotatable bonds is 8. The Morgan fingerprint density at radius 2 is 1.84 bits per heavy atom. The summed E-state index contributed by atoms with van der Waals surface area (Å²) in [7, 11) is 0. The number of aliphatic hydroxyl groups is 1. The molecule has 0 aromatic carbocycles. The van der Waals surface area contributed by atoms with Gasteiger partial charge in [0, 0.05) is 6.54 Å². The Hall–Kier alpha value is -1.62. The van der Waals surface area contributed by atoms with Crippen molar-refractivity contribution >= 4 is 11.9 Å². The molecule has 0 aromatic heterocycles. The van der Waals surface area contributed by atoms with E-state index in [9.17, 15) is 14.7 Å². The van der Waals surface area contributed by atoms with Crippen LogP contribution < -0.4 is 5.32 Å². The number of aliphatic carboxylic acids is 1. The molecule has 1 amide bonds. The predicted molar refractivity (Wildman–Crippen MR) is 73.7 cm³/mol. The highest BCUT2D eigenvalue weighted by Gasteiger charge is 2.17. The largest absolute Gasteiger partial charge is 0.481 e. The van der Waals surface area contributed by atoms with Crippen molar-refractivity contribution in [3.8, 4) is 0 Å². The van der Waals surface area contributed by atoms with Gasteiger partial charge in [0.25, 0.3) is 0 Å². The van der Waals surface area contributed by atoms with Crippen molar-refractivity contribution in [1.29, 1.82) is 0 Å². The molecule has 0 radical (unpaired) electrons. The number of carbonyl (C=O) groups excluding carboxylic acids is 1. The Bertz CT molecular complexity index is 368. The SMILES string of the molecule is CC(C)=CCC/C(C)=C/CNC(=O)C(O)CC(=O)O. The first-order valence-corrected chi connectivity index (χ1v) is 6.29. The molecule has 0 fully saturated rings. The van der Waals surface area contributed by atoms with E-state index in [-0.39, 0.29) is 0 Å². The molecule has 5 heteroatoms. The van der Waals surface area contributed by atoms with Crippen LogP contribution in [0.2, 0.25) is 0 Å². The van der Waals surface area contributed by atoms with Crippen LogP contribution in [0.15, 0.2) is 23.3 Å². The van der Waals surface area contributed by atoms with E-state index in [0.717, 1.165) is 18.4 Å². The molecule has 0 saturated heterocycles. The Morgan fingerprint density at radius 1 is 1.21 bits per heavy atom. The fraction of sp³-hybridized carbons (Fsp3) is 0.571. The number of hydrogen-bond acceptors (Lipinski definition) is 3. The molecule has 108 valence electrons. The van der Waals surface area contributed by atoms with E-state index in [4.69, 9.17) is 5.11 Å². The minimum atomic E-state index is -1.49. The molecule has 1 unspecified atom stereocenters. The van der Waals surface area contributed by atoms with Gasteiger partial charge in [-0.3, -0.25) is 9.59 Å². The maximum Gasteiger partial charge on any atom is 0.306 e. The molecule has 0 saturated carbocycles. The number of carbonyl (C=O) groups is 2. The van der Waals surface area contributed by atoms with Gasteiger partial charge >= 0.3 is 5.97 Å². The zero-order valence-electron chi connectivity index (χ0n) is 11.8. The number of allylic oxidation sites excluding steroid dienone is 3. The van der Waals surface area contributed by atoms with Crippen molar-refractivity contribution in [3.05, 3.63) is 23.3 Å². The number of amides is 1. The first kappa shape index (κ1) is 17.4. The van der Waals surface area contributed by atoms with E-state index in [1.807, 2.05) is 26.8 Å². The molecule has 0 bridgehead atoms. The van der Waals surface area contributed by atoms with E-state index >= 15 is 0 Å². The fourth-order valence-corrected chi connectivity index (χ4v) is 1.39. The lowest BCUT2D eigenvalue weighted by Gasteiger charge is -2.08. The molecule has 0 aliphatic carbocycles. The second kappa shape index (κ2) is 9.33. The van der Waals surface area contributed by atoms with Crippen LogP contribution in [0.3, 0.4) is 0 Å². The summed E-state index contributed by atoms with van der Waals surface area (Å²) in [6.07, 6.45) is 3.82. The minimum Gasteiger partial charge on any atom is -0.481 e. The quantitative estimate of drug-likeness (QED) is 0.584. The van der Waals surface area contributed by atoms with Crippen LogP contribution in [0, 0.1) is 0 Å². The number of carboxylic acid groups (broad SMARTS) is 1. The third-order valence-corrected chi connectivity index (χ3v) is 2.49. The summed E-state index contributed by atoms with van der Waals surface area (Å²) in [5.41, 5.74) is 2.42. The molecular weight excluding hydrogens is 246 g/mol. The van der Waals surface area contributed by atoms with Crippen LogP contribution in [0.4, 0.5) is 0 Å². The summed E-state index contributed by atoms with van der Waals surface area (Å²) < 4.78 is 0. The number of hydrogen-bond donors (Lipinski definition) is 3. The molecule has 0 spiro atoms. The molecular formula is C14H23NO4. The molecule has 5 nitrogen and oxygen atoms in total. The topological polar surface area (TPSA) is 86.6 Å². The lowest BCUT2D eigenvalue weighted by Crippen LogP contribution is -2.36. The third kappa shape index (κ3) is 10.0. The van der Waals surface area contributed by atoms with Crippen LogP contribution >= 0.6 is 0 Å². The lowest BCUT2D eigenvalue weighted by molar-refractivity contribution is -0.143. The summed E-state index contributed by atoms with van der Waals surface area (Å²) in [6, 6.07) is 0. The van der Waals surface area contributed by atoms with Gasteiger partial charge in [-0.15, -0.1) is 0 Å². The van der Waals surface area contributed by atoms with E-state index < -0.39 is 24.4 Å². The van der Waals surface area contributed by atoms with Crippen molar-refractivity contribution in [2.75, 3.05) is 6.54 Å². The maximum absolute atomic E-state index is 11.3. The highest BCUT2D eigenvalue weighted by atomic mass is 16.4. The van der Waals surface area contributed by atoms with E-state index in [2.05, 4.69) is 11.4 Å². The highest BCUT2D eigenvalue weighted by molar-refractivity contribution is 5.84. The summed E-state index contributed by atoms with van der Waals surface area (Å²) in [5, 5.41) is 20.1. The van der Waals surface area contributed by atoms with Crippen molar-refractivity contribution in [1.82, 2.24) is 5.32 Å². The Morgan fingerprint density at radius 3 is 2.37 bits per heavy atom. The summed E-state index contributed by atoms with van der Waals surface area (Å²) >= 11 is 0. The molecule has 19 heavy (non-hydrogen) atoms. The first-order valence-electron chi connectivity index (χ1n) is 6.29. The monoisotopic (exact) mass is 269 g/mol. The highest BCUT2D eigenvalue weighted by Crippen LogP contribution is 2.05. The molecule has 0 aliphatic heterocycles. The molecule has 0 aliphatic rings. The molecule has 0 heterocycles. The molecule has 0 aromatic rings. The van der Waals surface area contributed by atoms with Crippen LogP contribution in [0.25, 0.3) is 0 Å². The van der Waals surface area contributed by atoms with Gasteiger partial charge in [-0.1, -0.05) is 23.3 Å². The van der Waals surface area contributed by atoms with Gasteiger partial charge < -0.3 is 15.5 Å². The van der Waals surface area contributed by atoms with E-state index in [1.54, 1.807) is 0 Å². The Kier molecular flexibility index (Phi) is 8.53. The Labute approximate surface area is 114 Å². The standard InChI is InChI=1S/C14H23NO4/c1-10(2)5-4-6-11(3)7-8-15-14(19)12(16)9-13(17)18/h5,7,12,16H,4,6,8-9H2,1-3H3,(H,15,19)(H,17,18)/b11-7+. The van der Waals surface area contributed by atoms with Crippen molar-refractivity contribution in [3.63, 3.8) is 0 Å². The van der Waals surface area contributed by atoms with E-state index in [1.165, 1.54) is 5.57 Å². The third-order valence-electron chi connectivity index (χ3n) is 2.49. The first-order chi connectivity index (χ1) is 8.82. The van der Waals surface area contributed by atoms with E-state index in [0.29, 0.717) is 6.54 Å². The predicted octanol–water partition coefficient (Wildman–Crippen LogP) is 1.63. The van der Waals surface area contributed by atoms with Gasteiger partial charge in [-0.05, 0) is 33.6 Å². The lowest BCUT2D eigenvalue weighted by atomic mass is 10.1. The summed E-state index contributed by atoms with van der Waals surface area (Å²) in [6.45, 7) is 6.36. The average Bonchev–Trinajstić information content (AvgIpc) is 2.27. The van der Waals surface area contributed by atoms with Gasteiger partial charge in [-0.25, -0.2) is 0 Å².